The van der Waals surface area contributed by atoms with Crippen LogP contribution in [0, 0.1) is 24.7 Å². The summed E-state index contributed by atoms with van der Waals surface area (Å²) in [7, 11) is 0. The molecule has 180 valence electrons. The van der Waals surface area contributed by atoms with Crippen LogP contribution in [0.15, 0.2) is 83.0 Å². The first-order chi connectivity index (χ1) is 17.3. The van der Waals surface area contributed by atoms with E-state index in [4.69, 9.17) is 0 Å². The van der Waals surface area contributed by atoms with Gasteiger partial charge < -0.3 is 5.11 Å². The molecular formula is C30H25NO5. The number of carbonyl (C=O) groups excluding carboxylic acids is 4. The van der Waals surface area contributed by atoms with Gasteiger partial charge in [-0.15, -0.1) is 0 Å². The second-order valence-electron chi connectivity index (χ2n) is 10.1. The van der Waals surface area contributed by atoms with Crippen molar-refractivity contribution in [2.45, 2.75) is 32.6 Å². The van der Waals surface area contributed by atoms with E-state index >= 15 is 0 Å². The van der Waals surface area contributed by atoms with E-state index in [0.29, 0.717) is 40.0 Å². The highest BCUT2D eigenvalue weighted by Crippen LogP contribution is 2.56. The summed E-state index contributed by atoms with van der Waals surface area (Å²) in [6.45, 7) is 3.42. The molecule has 6 nitrogen and oxygen atoms in total. The lowest BCUT2D eigenvalue weighted by molar-refractivity contribution is -0.123. The SMILES string of the molecule is CC1=CC(=O)C2=C(C1=O)C(c1cccc(C)c1O)C1=CCC3C(=O)N(c4ccccc4)C(=O)C3C1C2. The van der Waals surface area contributed by atoms with E-state index in [2.05, 4.69) is 0 Å². The molecule has 2 aromatic rings. The van der Waals surface area contributed by atoms with Crippen molar-refractivity contribution in [3.8, 4) is 5.75 Å². The minimum atomic E-state index is -0.645. The summed E-state index contributed by atoms with van der Waals surface area (Å²) in [6, 6.07) is 14.3. The molecule has 6 rings (SSSR count). The number of fused-ring (bicyclic) bond motifs is 3. The topological polar surface area (TPSA) is 91.8 Å². The average molecular weight is 480 g/mol. The van der Waals surface area contributed by atoms with Gasteiger partial charge in [-0.05, 0) is 56.4 Å². The zero-order valence-corrected chi connectivity index (χ0v) is 20.0. The van der Waals surface area contributed by atoms with Crippen LogP contribution in [-0.2, 0) is 19.2 Å². The normalized spacial score (nSPS) is 27.4. The summed E-state index contributed by atoms with van der Waals surface area (Å²) in [6.07, 6.45) is 3.92. The fraction of sp³-hybridized carbons (Fsp3) is 0.267. The number of benzene rings is 2. The van der Waals surface area contributed by atoms with Crippen LogP contribution in [0.25, 0.3) is 0 Å². The molecule has 36 heavy (non-hydrogen) atoms. The highest BCUT2D eigenvalue weighted by molar-refractivity contribution is 6.25. The average Bonchev–Trinajstić information content (AvgIpc) is 3.13. The van der Waals surface area contributed by atoms with Crippen LogP contribution < -0.4 is 4.90 Å². The molecule has 4 atom stereocenters. The number of aryl methyl sites for hydroxylation is 1. The standard InChI is InChI=1S/C30H25NO5/c1-15-7-6-10-19(27(15)33)24-18-11-12-20-25(30(36)31(29(20)35)17-8-4-3-5-9-17)21(18)14-22-23(32)13-16(2)28(34)26(22)24/h3-11,13,20-21,24-25,33H,12,14H2,1-2H3. The van der Waals surface area contributed by atoms with E-state index in [9.17, 15) is 24.3 Å². The highest BCUT2D eigenvalue weighted by Gasteiger charge is 2.56. The number of allylic oxidation sites excluding steroid dienone is 6. The monoisotopic (exact) mass is 479 g/mol. The fourth-order valence-electron chi connectivity index (χ4n) is 6.46. The molecule has 1 N–H and O–H groups in total. The molecular weight excluding hydrogens is 454 g/mol. The van der Waals surface area contributed by atoms with Gasteiger partial charge in [0.15, 0.2) is 11.6 Å². The van der Waals surface area contributed by atoms with Crippen LogP contribution >= 0.6 is 0 Å². The number of Topliss-reactive ketones (excluding diaryl/α,β-unsaturated/α-hetero) is 1. The number of hydrogen-bond acceptors (Lipinski definition) is 5. The number of phenols is 1. The van der Waals surface area contributed by atoms with Crippen LogP contribution in [0.3, 0.4) is 0 Å². The van der Waals surface area contributed by atoms with E-state index < -0.39 is 23.7 Å². The van der Waals surface area contributed by atoms with Crippen LogP contribution in [0.2, 0.25) is 0 Å². The number of carbonyl (C=O) groups is 4. The van der Waals surface area contributed by atoms with Gasteiger partial charge in [-0.25, -0.2) is 0 Å². The molecule has 1 fully saturated rings. The van der Waals surface area contributed by atoms with Crippen molar-refractivity contribution in [1.29, 1.82) is 0 Å². The number of anilines is 1. The van der Waals surface area contributed by atoms with Gasteiger partial charge in [0.25, 0.3) is 0 Å². The Labute approximate surface area is 208 Å². The second-order valence-corrected chi connectivity index (χ2v) is 10.1. The van der Waals surface area contributed by atoms with Gasteiger partial charge in [-0.2, -0.15) is 0 Å². The highest BCUT2D eigenvalue weighted by atomic mass is 16.3. The van der Waals surface area contributed by atoms with Gasteiger partial charge in [0, 0.05) is 28.2 Å². The third-order valence-electron chi connectivity index (χ3n) is 8.16. The molecule has 3 aliphatic carbocycles. The van der Waals surface area contributed by atoms with E-state index in [1.165, 1.54) is 11.0 Å². The van der Waals surface area contributed by atoms with Crippen LogP contribution in [0.5, 0.6) is 5.75 Å². The van der Waals surface area contributed by atoms with Gasteiger partial charge >= 0.3 is 0 Å². The Bertz CT molecular complexity index is 1460. The molecule has 0 radical (unpaired) electrons. The Morgan fingerprint density at radius 1 is 0.889 bits per heavy atom. The zero-order chi connectivity index (χ0) is 25.3. The number of hydrogen-bond donors (Lipinski definition) is 1. The maximum Gasteiger partial charge on any atom is 0.238 e. The zero-order valence-electron chi connectivity index (χ0n) is 20.0. The number of imide groups is 1. The maximum absolute atomic E-state index is 13.8. The molecule has 4 unspecified atom stereocenters. The number of para-hydroxylation sites is 2. The molecule has 2 amide bonds. The molecule has 0 saturated carbocycles. The molecule has 1 aliphatic heterocycles. The Kier molecular flexibility index (Phi) is 4.97. The first kappa shape index (κ1) is 22.4. The number of phenolic OH excluding ortho intramolecular Hbond substituents is 1. The van der Waals surface area contributed by atoms with Gasteiger partial charge in [-0.3, -0.25) is 24.1 Å². The van der Waals surface area contributed by atoms with Crippen LogP contribution in [-0.4, -0.2) is 28.5 Å². The lowest BCUT2D eigenvalue weighted by Crippen LogP contribution is -2.39. The van der Waals surface area contributed by atoms with Crippen LogP contribution in [0.4, 0.5) is 5.69 Å². The Balaban J connectivity index is 1.52. The Morgan fingerprint density at radius 2 is 1.64 bits per heavy atom. The predicted molar refractivity (Wildman–Crippen MR) is 133 cm³/mol. The summed E-state index contributed by atoms with van der Waals surface area (Å²) in [5, 5.41) is 11.0. The minimum Gasteiger partial charge on any atom is -0.507 e. The predicted octanol–water partition coefficient (Wildman–Crippen LogP) is 4.33. The largest absolute Gasteiger partial charge is 0.507 e. The number of nitrogens with zero attached hydrogens (tertiary/aromatic N) is 1. The number of ketones is 2. The first-order valence-corrected chi connectivity index (χ1v) is 12.2. The molecule has 1 saturated heterocycles. The summed E-state index contributed by atoms with van der Waals surface area (Å²) in [5.74, 6) is -3.09. The van der Waals surface area contributed by atoms with Crippen molar-refractivity contribution < 1.29 is 24.3 Å². The summed E-state index contributed by atoms with van der Waals surface area (Å²) < 4.78 is 0. The maximum atomic E-state index is 13.8. The summed E-state index contributed by atoms with van der Waals surface area (Å²) in [5.41, 5.74) is 3.72. The van der Waals surface area contributed by atoms with Gasteiger partial charge in [0.2, 0.25) is 11.8 Å². The third-order valence-corrected chi connectivity index (χ3v) is 8.16. The minimum absolute atomic E-state index is 0.0743. The smallest absolute Gasteiger partial charge is 0.238 e. The Morgan fingerprint density at radius 3 is 2.39 bits per heavy atom. The lowest BCUT2D eigenvalue weighted by atomic mass is 9.59. The van der Waals surface area contributed by atoms with Gasteiger partial charge in [0.05, 0.1) is 17.5 Å². The molecule has 2 aromatic carbocycles. The molecule has 1 heterocycles. The summed E-state index contributed by atoms with van der Waals surface area (Å²) >= 11 is 0. The van der Waals surface area contributed by atoms with Crippen molar-refractivity contribution in [2.24, 2.45) is 17.8 Å². The third kappa shape index (κ3) is 3.03. The van der Waals surface area contributed by atoms with Crippen molar-refractivity contribution in [2.75, 3.05) is 4.90 Å². The van der Waals surface area contributed by atoms with Gasteiger partial charge in [-0.1, -0.05) is 48.0 Å². The quantitative estimate of drug-likeness (QED) is 0.393. The van der Waals surface area contributed by atoms with E-state index in [1.807, 2.05) is 18.2 Å². The van der Waals surface area contributed by atoms with Crippen molar-refractivity contribution >= 4 is 29.1 Å². The van der Waals surface area contributed by atoms with Crippen molar-refractivity contribution in [1.82, 2.24) is 0 Å². The number of aromatic hydroxyl groups is 1. The van der Waals surface area contributed by atoms with E-state index in [1.54, 1.807) is 50.2 Å². The Hall–Kier alpha value is -4.06. The van der Waals surface area contributed by atoms with Crippen molar-refractivity contribution in [3.63, 3.8) is 0 Å². The second kappa shape index (κ2) is 7.98. The molecule has 0 bridgehead atoms. The molecule has 6 heteroatoms. The molecule has 0 aromatic heterocycles. The first-order valence-electron chi connectivity index (χ1n) is 12.2. The summed E-state index contributed by atoms with van der Waals surface area (Å²) in [4.78, 5) is 55.1. The molecule has 0 spiro atoms. The van der Waals surface area contributed by atoms with Gasteiger partial charge in [0.1, 0.15) is 5.75 Å². The van der Waals surface area contributed by atoms with E-state index in [0.717, 1.165) is 5.57 Å². The number of rotatable bonds is 2. The van der Waals surface area contributed by atoms with Crippen molar-refractivity contribution in [3.05, 3.63) is 94.1 Å². The molecule has 4 aliphatic rings. The number of amides is 2. The lowest BCUT2D eigenvalue weighted by Gasteiger charge is -2.42. The van der Waals surface area contributed by atoms with Crippen LogP contribution in [0.1, 0.15) is 36.8 Å². The van der Waals surface area contributed by atoms with E-state index in [-0.39, 0.29) is 35.6 Å². The fourth-order valence-corrected chi connectivity index (χ4v) is 6.46.